The minimum Gasteiger partial charge on any atom is -0.308 e. The maximum absolute atomic E-state index is 13.1. The molecule has 0 atom stereocenters. The van der Waals surface area contributed by atoms with Gasteiger partial charge < -0.3 is 4.57 Å². The molecule has 0 spiro atoms. The number of halogens is 1. The number of hydrogen-bond donors (Lipinski definition) is 0. The van der Waals surface area contributed by atoms with Gasteiger partial charge in [0.05, 0.1) is 12.2 Å². The lowest BCUT2D eigenvalue weighted by molar-refractivity contribution is 0.628. The minimum atomic E-state index is -0.298. The van der Waals surface area contributed by atoms with Gasteiger partial charge in [0.15, 0.2) is 0 Å². The van der Waals surface area contributed by atoms with Crippen LogP contribution in [0.4, 0.5) is 4.39 Å². The highest BCUT2D eigenvalue weighted by Crippen LogP contribution is 2.19. The molecule has 0 radical (unpaired) electrons. The van der Waals surface area contributed by atoms with Crippen molar-refractivity contribution in [3.05, 3.63) is 93.8 Å². The summed E-state index contributed by atoms with van der Waals surface area (Å²) in [6.45, 7) is 4.62. The molecule has 2 aromatic heterocycles. The Morgan fingerprint density at radius 2 is 1.77 bits per heavy atom. The summed E-state index contributed by atoms with van der Waals surface area (Å²) in [5.41, 5.74) is 5.29. The summed E-state index contributed by atoms with van der Waals surface area (Å²) in [6, 6.07) is 14.1. The van der Waals surface area contributed by atoms with Gasteiger partial charge in [0.25, 0.3) is 5.56 Å². The zero-order valence-electron chi connectivity index (χ0n) is 14.6. The highest BCUT2D eigenvalue weighted by atomic mass is 19.1. The predicted molar refractivity (Wildman–Crippen MR) is 99.9 cm³/mol. The fourth-order valence-corrected chi connectivity index (χ4v) is 3.12. The summed E-state index contributed by atoms with van der Waals surface area (Å²) >= 11 is 0. The summed E-state index contributed by atoms with van der Waals surface area (Å²) < 4.78 is 16.4. The molecule has 0 aliphatic rings. The first-order chi connectivity index (χ1) is 12.5. The van der Waals surface area contributed by atoms with Crippen LogP contribution >= 0.6 is 0 Å². The van der Waals surface area contributed by atoms with Gasteiger partial charge in [-0.2, -0.15) is 5.10 Å². The van der Waals surface area contributed by atoms with Gasteiger partial charge in [0, 0.05) is 18.0 Å². The molecule has 130 valence electrons. The van der Waals surface area contributed by atoms with Crippen LogP contribution in [-0.2, 0) is 6.54 Å². The van der Waals surface area contributed by atoms with E-state index in [-0.39, 0.29) is 11.4 Å². The van der Waals surface area contributed by atoms with Crippen molar-refractivity contribution in [1.82, 2.24) is 14.2 Å². The van der Waals surface area contributed by atoms with Crippen LogP contribution in [0.1, 0.15) is 16.7 Å². The maximum atomic E-state index is 13.1. The van der Waals surface area contributed by atoms with Gasteiger partial charge in [-0.1, -0.05) is 23.8 Å². The van der Waals surface area contributed by atoms with E-state index in [1.807, 2.05) is 0 Å². The Bertz CT molecular complexity index is 1160. The molecule has 0 saturated carbocycles. The Kier molecular flexibility index (Phi) is 3.92. The SMILES string of the molecule is Cc1ccc(Cn2ccn3nc(-c4ccc(F)cc4)cc3c2=O)c(C)c1. The highest BCUT2D eigenvalue weighted by Gasteiger charge is 2.10. The summed E-state index contributed by atoms with van der Waals surface area (Å²) in [5, 5.41) is 4.43. The largest absolute Gasteiger partial charge is 0.308 e. The van der Waals surface area contributed by atoms with Crippen molar-refractivity contribution in [3.8, 4) is 11.3 Å². The fourth-order valence-electron chi connectivity index (χ4n) is 3.12. The third-order valence-electron chi connectivity index (χ3n) is 4.58. The molecule has 0 bridgehead atoms. The molecular formula is C21H18FN3O. The average Bonchev–Trinajstić information content (AvgIpc) is 3.05. The van der Waals surface area contributed by atoms with Gasteiger partial charge in [-0.3, -0.25) is 4.79 Å². The van der Waals surface area contributed by atoms with E-state index in [1.165, 1.54) is 17.7 Å². The molecule has 26 heavy (non-hydrogen) atoms. The average molecular weight is 347 g/mol. The van der Waals surface area contributed by atoms with Gasteiger partial charge in [-0.15, -0.1) is 0 Å². The first kappa shape index (κ1) is 16.3. The number of aryl methyl sites for hydroxylation is 2. The monoisotopic (exact) mass is 347 g/mol. The van der Waals surface area contributed by atoms with Gasteiger partial charge >= 0.3 is 0 Å². The van der Waals surface area contributed by atoms with E-state index >= 15 is 0 Å². The van der Waals surface area contributed by atoms with Crippen LogP contribution in [0.15, 0.2) is 65.7 Å². The minimum absolute atomic E-state index is 0.103. The number of nitrogens with zero attached hydrogens (tertiary/aromatic N) is 3. The summed E-state index contributed by atoms with van der Waals surface area (Å²) in [7, 11) is 0. The van der Waals surface area contributed by atoms with E-state index in [4.69, 9.17) is 0 Å². The van der Waals surface area contributed by atoms with Gasteiger partial charge in [0.2, 0.25) is 0 Å². The molecule has 0 N–H and O–H groups in total. The summed E-state index contributed by atoms with van der Waals surface area (Å²) in [6.07, 6.45) is 3.52. The fraction of sp³-hybridized carbons (Fsp3) is 0.143. The molecule has 2 aromatic carbocycles. The smallest absolute Gasteiger partial charge is 0.276 e. The van der Waals surface area contributed by atoms with E-state index in [9.17, 15) is 9.18 Å². The van der Waals surface area contributed by atoms with Crippen molar-refractivity contribution in [3.63, 3.8) is 0 Å². The van der Waals surface area contributed by atoms with Crippen LogP contribution in [0.25, 0.3) is 16.8 Å². The van der Waals surface area contributed by atoms with Crippen molar-refractivity contribution in [2.45, 2.75) is 20.4 Å². The third-order valence-corrected chi connectivity index (χ3v) is 4.58. The number of aromatic nitrogens is 3. The molecule has 0 fully saturated rings. The van der Waals surface area contributed by atoms with Crippen molar-refractivity contribution >= 4 is 5.52 Å². The second kappa shape index (κ2) is 6.26. The van der Waals surface area contributed by atoms with Crippen molar-refractivity contribution in [1.29, 1.82) is 0 Å². The van der Waals surface area contributed by atoms with Gasteiger partial charge in [-0.25, -0.2) is 8.91 Å². The number of rotatable bonds is 3. The van der Waals surface area contributed by atoms with Crippen LogP contribution in [-0.4, -0.2) is 14.2 Å². The standard InChI is InChI=1S/C21H18FN3O/c1-14-3-4-17(15(2)11-14)13-24-9-10-25-20(21(24)26)12-19(23-25)16-5-7-18(22)8-6-16/h3-12H,13H2,1-2H3. The van der Waals surface area contributed by atoms with Gasteiger partial charge in [-0.05, 0) is 55.3 Å². The quantitative estimate of drug-likeness (QED) is 0.563. The number of hydrogen-bond acceptors (Lipinski definition) is 2. The molecule has 4 nitrogen and oxygen atoms in total. The third kappa shape index (κ3) is 2.92. The van der Waals surface area contributed by atoms with E-state index in [2.05, 4.69) is 37.1 Å². The lowest BCUT2D eigenvalue weighted by Gasteiger charge is -2.09. The molecule has 0 aliphatic carbocycles. The molecule has 4 aromatic rings. The first-order valence-electron chi connectivity index (χ1n) is 8.42. The molecule has 2 heterocycles. The Morgan fingerprint density at radius 1 is 1.00 bits per heavy atom. The predicted octanol–water partition coefficient (Wildman–Crippen LogP) is 3.97. The summed E-state index contributed by atoms with van der Waals surface area (Å²) in [5.74, 6) is -0.298. The van der Waals surface area contributed by atoms with E-state index in [0.29, 0.717) is 17.8 Å². The zero-order valence-corrected chi connectivity index (χ0v) is 14.6. The van der Waals surface area contributed by atoms with Crippen molar-refractivity contribution < 1.29 is 4.39 Å². The van der Waals surface area contributed by atoms with Crippen LogP contribution in [0.2, 0.25) is 0 Å². The number of benzene rings is 2. The maximum Gasteiger partial charge on any atom is 0.276 e. The van der Waals surface area contributed by atoms with Crippen LogP contribution < -0.4 is 5.56 Å². The van der Waals surface area contributed by atoms with Crippen molar-refractivity contribution in [2.24, 2.45) is 0 Å². The zero-order chi connectivity index (χ0) is 18.3. The molecule has 0 amide bonds. The molecule has 0 saturated heterocycles. The van der Waals surface area contributed by atoms with Gasteiger partial charge in [0.1, 0.15) is 11.3 Å². The number of fused-ring (bicyclic) bond motifs is 1. The molecule has 0 aliphatic heterocycles. The van der Waals surface area contributed by atoms with E-state index in [0.717, 1.165) is 16.7 Å². The lowest BCUT2D eigenvalue weighted by atomic mass is 10.1. The molecular weight excluding hydrogens is 329 g/mol. The Morgan fingerprint density at radius 3 is 2.50 bits per heavy atom. The van der Waals surface area contributed by atoms with E-state index in [1.54, 1.807) is 39.7 Å². The van der Waals surface area contributed by atoms with Crippen LogP contribution in [0.5, 0.6) is 0 Å². The second-order valence-electron chi connectivity index (χ2n) is 6.53. The lowest BCUT2D eigenvalue weighted by Crippen LogP contribution is -2.22. The van der Waals surface area contributed by atoms with Crippen LogP contribution in [0.3, 0.4) is 0 Å². The highest BCUT2D eigenvalue weighted by molar-refractivity contribution is 5.65. The summed E-state index contributed by atoms with van der Waals surface area (Å²) in [4.78, 5) is 12.9. The Hall–Kier alpha value is -3.21. The second-order valence-corrected chi connectivity index (χ2v) is 6.53. The normalized spacial score (nSPS) is 11.2. The van der Waals surface area contributed by atoms with Crippen molar-refractivity contribution in [2.75, 3.05) is 0 Å². The molecule has 4 rings (SSSR count). The van der Waals surface area contributed by atoms with E-state index < -0.39 is 0 Å². The molecule has 5 heteroatoms. The van der Waals surface area contributed by atoms with Crippen LogP contribution in [0, 0.1) is 19.7 Å². The Balaban J connectivity index is 1.75. The molecule has 0 unspecified atom stereocenters. The first-order valence-corrected chi connectivity index (χ1v) is 8.42. The Labute approximate surface area is 150 Å². The topological polar surface area (TPSA) is 39.3 Å².